The van der Waals surface area contributed by atoms with Gasteiger partial charge in [-0.2, -0.15) is 0 Å². The first kappa shape index (κ1) is 26.6. The van der Waals surface area contributed by atoms with Crippen LogP contribution in [0.1, 0.15) is 39.2 Å². The van der Waals surface area contributed by atoms with E-state index in [1.54, 1.807) is 14.7 Å². The van der Waals surface area contributed by atoms with Gasteiger partial charge in [0, 0.05) is 26.2 Å². The van der Waals surface area contributed by atoms with Crippen LogP contribution in [0.4, 0.5) is 0 Å². The second-order valence-corrected chi connectivity index (χ2v) is 11.0. The van der Waals surface area contributed by atoms with Gasteiger partial charge in [0.15, 0.2) is 0 Å². The van der Waals surface area contributed by atoms with Gasteiger partial charge >= 0.3 is 0 Å². The molecule has 4 aliphatic heterocycles. The number of carbonyl (C=O) groups excluding carboxylic acids is 3. The number of hydrogen-bond acceptors (Lipinski definition) is 5. The summed E-state index contributed by atoms with van der Waals surface area (Å²) in [4.78, 5) is 47.8. The highest BCUT2D eigenvalue weighted by Gasteiger charge is 2.72. The van der Waals surface area contributed by atoms with Gasteiger partial charge in [0.05, 0.1) is 30.6 Å². The molecule has 0 aromatic heterocycles. The number of benzene rings is 1. The lowest BCUT2D eigenvalue weighted by atomic mass is 9.77. The Morgan fingerprint density at radius 2 is 1.76 bits per heavy atom. The molecule has 4 heterocycles. The Morgan fingerprint density at radius 3 is 2.45 bits per heavy atom. The predicted molar refractivity (Wildman–Crippen MR) is 143 cm³/mol. The van der Waals surface area contributed by atoms with E-state index < -0.39 is 35.6 Å². The van der Waals surface area contributed by atoms with Crippen molar-refractivity contribution in [2.75, 3.05) is 26.2 Å². The van der Waals surface area contributed by atoms with E-state index in [4.69, 9.17) is 4.74 Å². The number of hydrogen-bond donors (Lipinski definition) is 1. The standard InChI is InChI=1S/C30H39N3O5/c1-4-15-31-16-9-13-23-24(27(31)35)25-28(36)33(22(19-34)20(3)5-2)26-29(37)32(17-10-14-30(25,26)38-23)18-21-11-7-6-8-12-21/h6-14,20,22-26,34H,4-5,15-19H2,1-3H3/t20-,22-,23-,24+,25-,26?,30-/m0/s1. The largest absolute Gasteiger partial charge is 0.394 e. The number of aliphatic hydroxyl groups is 1. The molecule has 4 aliphatic rings. The van der Waals surface area contributed by atoms with Gasteiger partial charge in [-0.15, -0.1) is 0 Å². The lowest BCUT2D eigenvalue weighted by Gasteiger charge is -2.40. The third-order valence-electron chi connectivity index (χ3n) is 8.82. The first-order valence-corrected chi connectivity index (χ1v) is 13.9. The van der Waals surface area contributed by atoms with Gasteiger partial charge in [-0.1, -0.05) is 81.8 Å². The molecular formula is C30H39N3O5. The van der Waals surface area contributed by atoms with Crippen molar-refractivity contribution in [3.05, 3.63) is 60.2 Å². The van der Waals surface area contributed by atoms with E-state index in [9.17, 15) is 19.5 Å². The predicted octanol–water partition coefficient (Wildman–Crippen LogP) is 2.38. The van der Waals surface area contributed by atoms with Crippen molar-refractivity contribution in [3.63, 3.8) is 0 Å². The number of fused-ring (bicyclic) bond motifs is 2. The summed E-state index contributed by atoms with van der Waals surface area (Å²) in [5.74, 6) is -2.18. The first-order valence-electron chi connectivity index (χ1n) is 13.9. The van der Waals surface area contributed by atoms with Gasteiger partial charge < -0.3 is 24.5 Å². The average molecular weight is 522 g/mol. The van der Waals surface area contributed by atoms with Crippen LogP contribution in [0, 0.1) is 17.8 Å². The molecule has 1 spiro atoms. The maximum Gasteiger partial charge on any atom is 0.249 e. The lowest BCUT2D eigenvalue weighted by molar-refractivity contribution is -0.152. The average Bonchev–Trinajstić information content (AvgIpc) is 3.25. The van der Waals surface area contributed by atoms with Crippen molar-refractivity contribution in [3.8, 4) is 0 Å². The fourth-order valence-electron chi connectivity index (χ4n) is 6.76. The highest BCUT2D eigenvalue weighted by molar-refractivity contribution is 6.00. The van der Waals surface area contributed by atoms with Crippen LogP contribution in [0.15, 0.2) is 54.6 Å². The van der Waals surface area contributed by atoms with Gasteiger partial charge in [0.25, 0.3) is 0 Å². The Kier molecular flexibility index (Phi) is 7.47. The van der Waals surface area contributed by atoms with Gasteiger partial charge in [-0.05, 0) is 17.9 Å². The quantitative estimate of drug-likeness (QED) is 0.531. The van der Waals surface area contributed by atoms with Crippen LogP contribution in [0.3, 0.4) is 0 Å². The van der Waals surface area contributed by atoms with Crippen molar-refractivity contribution in [1.82, 2.24) is 14.7 Å². The molecule has 3 amide bonds. The number of amides is 3. The molecule has 0 radical (unpaired) electrons. The van der Waals surface area contributed by atoms with Crippen LogP contribution in [-0.4, -0.2) is 87.6 Å². The van der Waals surface area contributed by atoms with Gasteiger partial charge in [0.2, 0.25) is 17.7 Å². The van der Waals surface area contributed by atoms with Crippen molar-refractivity contribution < 1.29 is 24.2 Å². The van der Waals surface area contributed by atoms with Crippen LogP contribution >= 0.6 is 0 Å². The molecule has 2 fully saturated rings. The highest BCUT2D eigenvalue weighted by Crippen LogP contribution is 2.54. The molecule has 1 N–H and O–H groups in total. The van der Waals surface area contributed by atoms with E-state index in [0.717, 1.165) is 18.4 Å². The van der Waals surface area contributed by atoms with Crippen LogP contribution < -0.4 is 0 Å². The molecule has 0 saturated carbocycles. The zero-order chi connectivity index (χ0) is 27.0. The maximum absolute atomic E-state index is 14.4. The second kappa shape index (κ2) is 10.7. The van der Waals surface area contributed by atoms with E-state index in [0.29, 0.717) is 26.2 Å². The number of ether oxygens (including phenoxy) is 1. The second-order valence-electron chi connectivity index (χ2n) is 11.0. The number of likely N-dealkylation sites (tertiary alicyclic amines) is 1. The molecule has 0 bridgehead atoms. The summed E-state index contributed by atoms with van der Waals surface area (Å²) in [7, 11) is 0. The monoisotopic (exact) mass is 521 g/mol. The van der Waals surface area contributed by atoms with Gasteiger partial charge in [-0.3, -0.25) is 14.4 Å². The fraction of sp³-hybridized carbons (Fsp3) is 0.567. The zero-order valence-corrected chi connectivity index (χ0v) is 22.5. The summed E-state index contributed by atoms with van der Waals surface area (Å²) >= 11 is 0. The fourth-order valence-corrected chi connectivity index (χ4v) is 6.76. The topological polar surface area (TPSA) is 90.4 Å². The van der Waals surface area contributed by atoms with Gasteiger partial charge in [0.1, 0.15) is 11.6 Å². The molecule has 204 valence electrons. The Balaban J connectivity index is 1.60. The van der Waals surface area contributed by atoms with Crippen molar-refractivity contribution in [2.24, 2.45) is 17.8 Å². The molecule has 1 aromatic carbocycles. The number of carbonyl (C=O) groups is 3. The van der Waals surface area contributed by atoms with Crippen molar-refractivity contribution >= 4 is 17.7 Å². The van der Waals surface area contributed by atoms with Gasteiger partial charge in [-0.25, -0.2) is 0 Å². The van der Waals surface area contributed by atoms with Crippen LogP contribution in [0.2, 0.25) is 0 Å². The third-order valence-corrected chi connectivity index (χ3v) is 8.82. The van der Waals surface area contributed by atoms with Crippen molar-refractivity contribution in [1.29, 1.82) is 0 Å². The summed E-state index contributed by atoms with van der Waals surface area (Å²) in [6.45, 7) is 7.60. The Morgan fingerprint density at radius 1 is 1.03 bits per heavy atom. The zero-order valence-electron chi connectivity index (χ0n) is 22.5. The lowest BCUT2D eigenvalue weighted by Crippen LogP contribution is -2.59. The minimum absolute atomic E-state index is 0.0421. The molecule has 8 nitrogen and oxygen atoms in total. The Bertz CT molecular complexity index is 1120. The molecule has 38 heavy (non-hydrogen) atoms. The SMILES string of the molecule is CCCN1CC=C[C@@H]2O[C@]34C=CCN(Cc5ccccc5)C(=O)C3N([C@@H](CO)[C@@H](C)CC)C(=O)[C@@H]4[C@@H]2C1=O. The molecule has 0 aliphatic carbocycles. The van der Waals surface area contributed by atoms with Crippen molar-refractivity contribution in [2.45, 2.75) is 63.9 Å². The molecule has 1 unspecified atom stereocenters. The maximum atomic E-state index is 14.4. The third kappa shape index (κ3) is 4.18. The number of aliphatic hydroxyl groups excluding tert-OH is 1. The van der Waals surface area contributed by atoms with E-state index in [2.05, 4.69) is 0 Å². The summed E-state index contributed by atoms with van der Waals surface area (Å²) in [5, 5.41) is 10.5. The van der Waals surface area contributed by atoms with Crippen LogP contribution in [0.25, 0.3) is 0 Å². The van der Waals surface area contributed by atoms with Crippen LogP contribution in [-0.2, 0) is 25.7 Å². The first-order chi connectivity index (χ1) is 18.4. The minimum atomic E-state index is -1.27. The molecule has 7 atom stereocenters. The van der Waals surface area contributed by atoms with E-state index >= 15 is 0 Å². The summed E-state index contributed by atoms with van der Waals surface area (Å²) in [5.41, 5.74) is -0.283. The normalized spacial score (nSPS) is 32.1. The number of rotatable bonds is 8. The minimum Gasteiger partial charge on any atom is -0.394 e. The Hall–Kier alpha value is -2.97. The summed E-state index contributed by atoms with van der Waals surface area (Å²) in [6.07, 6.45) is 8.56. The smallest absolute Gasteiger partial charge is 0.249 e. The van der Waals surface area contributed by atoms with E-state index in [1.807, 2.05) is 75.4 Å². The molecule has 1 aromatic rings. The van der Waals surface area contributed by atoms with E-state index in [-0.39, 0.29) is 30.2 Å². The molecular weight excluding hydrogens is 482 g/mol. The molecule has 8 heteroatoms. The van der Waals surface area contributed by atoms with Crippen LogP contribution in [0.5, 0.6) is 0 Å². The highest BCUT2D eigenvalue weighted by atomic mass is 16.5. The van der Waals surface area contributed by atoms with E-state index in [1.165, 1.54) is 0 Å². The molecule has 2 saturated heterocycles. The summed E-state index contributed by atoms with van der Waals surface area (Å²) in [6, 6.07) is 8.25. The molecule has 5 rings (SSSR count). The Labute approximate surface area is 224 Å². The summed E-state index contributed by atoms with van der Waals surface area (Å²) < 4.78 is 6.70. The number of nitrogens with zero attached hydrogens (tertiary/aromatic N) is 3.